The first-order valence-electron chi connectivity index (χ1n) is 14.6. The van der Waals surface area contributed by atoms with E-state index >= 15 is 0 Å². The molecule has 0 unspecified atom stereocenters. The lowest BCUT2D eigenvalue weighted by Crippen LogP contribution is -2.37. The number of aromatic nitrogens is 2. The van der Waals surface area contributed by atoms with Crippen molar-refractivity contribution in [2.24, 2.45) is 0 Å². The molecule has 3 N–H and O–H groups in total. The Balaban J connectivity index is 1.27. The van der Waals surface area contributed by atoms with E-state index in [4.69, 9.17) is 14.2 Å². The van der Waals surface area contributed by atoms with Gasteiger partial charge in [-0.1, -0.05) is 30.3 Å². The second-order valence-electron chi connectivity index (χ2n) is 10.6. The van der Waals surface area contributed by atoms with E-state index in [2.05, 4.69) is 30.8 Å². The number of methoxy groups -OCH3 is 1. The summed E-state index contributed by atoms with van der Waals surface area (Å²) in [6, 6.07) is 15.8. The summed E-state index contributed by atoms with van der Waals surface area (Å²) in [6.45, 7) is 6.97. The number of benzene rings is 3. The van der Waals surface area contributed by atoms with E-state index in [0.717, 1.165) is 50.3 Å². The maximum absolute atomic E-state index is 13.0. The van der Waals surface area contributed by atoms with Crippen LogP contribution < -0.4 is 25.4 Å². The summed E-state index contributed by atoms with van der Waals surface area (Å²) < 4.78 is 55.6. The Bertz CT molecular complexity index is 1630. The van der Waals surface area contributed by atoms with Crippen LogP contribution in [0.25, 0.3) is 10.8 Å². The van der Waals surface area contributed by atoms with Gasteiger partial charge in [0.15, 0.2) is 0 Å². The fourth-order valence-electron chi connectivity index (χ4n) is 5.05. The second kappa shape index (κ2) is 14.4. The number of morpholine rings is 1. The van der Waals surface area contributed by atoms with Crippen LogP contribution in [-0.4, -0.2) is 73.6 Å². The van der Waals surface area contributed by atoms with Crippen LogP contribution in [0.5, 0.6) is 17.4 Å². The maximum Gasteiger partial charge on any atom is 0.393 e. The summed E-state index contributed by atoms with van der Waals surface area (Å²) in [5, 5.41) is 10.1. The molecule has 5 rings (SSSR count). The molecule has 0 saturated carbocycles. The largest absolute Gasteiger partial charge is 0.495 e. The Kier molecular flexibility index (Phi) is 10.2. The number of alkyl halides is 3. The van der Waals surface area contributed by atoms with Crippen molar-refractivity contribution in [3.8, 4) is 17.4 Å². The summed E-state index contributed by atoms with van der Waals surface area (Å²) in [6.07, 6.45) is -4.58. The van der Waals surface area contributed by atoms with Crippen molar-refractivity contribution in [1.29, 1.82) is 0 Å². The zero-order valence-electron chi connectivity index (χ0n) is 25.0. The Labute approximate surface area is 258 Å². The molecule has 13 heteroatoms. The van der Waals surface area contributed by atoms with Crippen molar-refractivity contribution in [2.45, 2.75) is 25.9 Å². The highest BCUT2D eigenvalue weighted by Gasteiger charge is 2.28. The normalized spacial score (nSPS) is 13.8. The molecule has 45 heavy (non-hydrogen) atoms. The molecule has 0 radical (unpaired) electrons. The number of fused-ring (bicyclic) bond motifs is 1. The van der Waals surface area contributed by atoms with E-state index in [1.54, 1.807) is 18.2 Å². The molecule has 1 saturated heterocycles. The van der Waals surface area contributed by atoms with Crippen molar-refractivity contribution >= 4 is 34.1 Å². The zero-order chi connectivity index (χ0) is 31.8. The van der Waals surface area contributed by atoms with Crippen molar-refractivity contribution in [2.75, 3.05) is 62.5 Å². The van der Waals surface area contributed by atoms with Gasteiger partial charge < -0.3 is 30.2 Å². The van der Waals surface area contributed by atoms with E-state index in [-0.39, 0.29) is 17.0 Å². The molecule has 1 aromatic heterocycles. The van der Waals surface area contributed by atoms with Gasteiger partial charge in [0.2, 0.25) is 11.8 Å². The highest BCUT2D eigenvalue weighted by atomic mass is 19.4. The number of carbonyl (C=O) groups excluding carboxylic acids is 1. The van der Waals surface area contributed by atoms with Crippen LogP contribution >= 0.6 is 0 Å². The molecule has 2 heterocycles. The molecule has 10 nitrogen and oxygen atoms in total. The first-order valence-corrected chi connectivity index (χ1v) is 14.6. The minimum absolute atomic E-state index is 0.00291. The van der Waals surface area contributed by atoms with Gasteiger partial charge in [0.1, 0.15) is 11.5 Å². The predicted octanol–water partition coefficient (Wildman–Crippen LogP) is 6.62. The predicted molar refractivity (Wildman–Crippen MR) is 167 cm³/mol. The van der Waals surface area contributed by atoms with E-state index in [9.17, 15) is 18.0 Å². The van der Waals surface area contributed by atoms with Gasteiger partial charge in [0, 0.05) is 42.2 Å². The number of aryl methyl sites for hydroxylation is 1. The number of anilines is 3. The number of rotatable bonds is 11. The van der Waals surface area contributed by atoms with Crippen LogP contribution in [0.3, 0.4) is 0 Å². The molecule has 3 aromatic carbocycles. The first kappa shape index (κ1) is 31.8. The SMILES string of the molecule is COc1ccc(CC(F)(F)F)cc1NC(=O)Nc1ccc(Oc2cc(C)nc(NCCCN3CCOCC3)n2)c2ccccc12. The summed E-state index contributed by atoms with van der Waals surface area (Å²) in [5.74, 6) is 1.60. The van der Waals surface area contributed by atoms with Gasteiger partial charge in [-0.25, -0.2) is 9.78 Å². The lowest BCUT2D eigenvalue weighted by atomic mass is 10.1. The number of halogens is 3. The molecule has 0 aliphatic carbocycles. The highest BCUT2D eigenvalue weighted by molar-refractivity contribution is 6.08. The van der Waals surface area contributed by atoms with E-state index in [1.165, 1.54) is 25.3 Å². The minimum Gasteiger partial charge on any atom is -0.495 e. The third-order valence-electron chi connectivity index (χ3n) is 7.13. The number of hydrogen-bond acceptors (Lipinski definition) is 8. The van der Waals surface area contributed by atoms with Gasteiger partial charge in [-0.3, -0.25) is 4.90 Å². The van der Waals surface area contributed by atoms with Crippen LogP contribution in [0.15, 0.2) is 60.7 Å². The lowest BCUT2D eigenvalue weighted by Gasteiger charge is -2.26. The van der Waals surface area contributed by atoms with E-state index in [1.807, 2.05) is 31.2 Å². The van der Waals surface area contributed by atoms with Gasteiger partial charge in [0.05, 0.1) is 38.1 Å². The molecular weight excluding hydrogens is 589 g/mol. The highest BCUT2D eigenvalue weighted by Crippen LogP contribution is 2.35. The average Bonchev–Trinajstić information content (AvgIpc) is 3.00. The zero-order valence-corrected chi connectivity index (χ0v) is 25.0. The molecular formula is C32H35F3N6O4. The molecule has 0 spiro atoms. The van der Waals surface area contributed by atoms with Crippen LogP contribution in [0, 0.1) is 6.92 Å². The number of nitrogens with zero attached hydrogens (tertiary/aromatic N) is 3. The monoisotopic (exact) mass is 624 g/mol. The van der Waals surface area contributed by atoms with Crippen LogP contribution in [0.2, 0.25) is 0 Å². The number of urea groups is 1. The molecule has 4 aromatic rings. The topological polar surface area (TPSA) is 110 Å². The Hall–Kier alpha value is -4.62. The van der Waals surface area contributed by atoms with Gasteiger partial charge in [0.25, 0.3) is 0 Å². The fourth-order valence-corrected chi connectivity index (χ4v) is 5.05. The molecule has 1 fully saturated rings. The van der Waals surface area contributed by atoms with E-state index < -0.39 is 18.6 Å². The van der Waals surface area contributed by atoms with Gasteiger partial charge in [-0.2, -0.15) is 18.2 Å². The first-order chi connectivity index (χ1) is 21.7. The van der Waals surface area contributed by atoms with Crippen molar-refractivity contribution < 1.29 is 32.2 Å². The van der Waals surface area contributed by atoms with E-state index in [0.29, 0.717) is 35.2 Å². The van der Waals surface area contributed by atoms with Crippen LogP contribution in [0.1, 0.15) is 17.7 Å². The smallest absolute Gasteiger partial charge is 0.393 e. The summed E-state index contributed by atoms with van der Waals surface area (Å²) in [4.78, 5) is 24.4. The van der Waals surface area contributed by atoms with Crippen LogP contribution in [-0.2, 0) is 11.2 Å². The Morgan fingerprint density at radius 3 is 2.44 bits per heavy atom. The number of carbonyl (C=O) groups is 1. The third-order valence-corrected chi connectivity index (χ3v) is 7.13. The number of amides is 2. The summed E-state index contributed by atoms with van der Waals surface area (Å²) in [5.41, 5.74) is 1.33. The summed E-state index contributed by atoms with van der Waals surface area (Å²) in [7, 11) is 1.37. The molecule has 1 aliphatic rings. The van der Waals surface area contributed by atoms with Crippen LogP contribution in [0.4, 0.5) is 35.3 Å². The van der Waals surface area contributed by atoms with Gasteiger partial charge in [-0.05, 0) is 49.7 Å². The van der Waals surface area contributed by atoms with Gasteiger partial charge in [-0.15, -0.1) is 0 Å². The van der Waals surface area contributed by atoms with Crippen molar-refractivity contribution in [3.05, 3.63) is 71.9 Å². The Morgan fingerprint density at radius 1 is 0.956 bits per heavy atom. The summed E-state index contributed by atoms with van der Waals surface area (Å²) >= 11 is 0. The average molecular weight is 625 g/mol. The third kappa shape index (κ3) is 8.96. The molecule has 238 valence electrons. The van der Waals surface area contributed by atoms with Crippen molar-refractivity contribution in [1.82, 2.24) is 14.9 Å². The minimum atomic E-state index is -4.39. The second-order valence-corrected chi connectivity index (χ2v) is 10.6. The molecule has 1 aliphatic heterocycles. The number of ether oxygens (including phenoxy) is 3. The quantitative estimate of drug-likeness (QED) is 0.160. The maximum atomic E-state index is 13.0. The lowest BCUT2D eigenvalue weighted by molar-refractivity contribution is -0.127. The Morgan fingerprint density at radius 2 is 1.69 bits per heavy atom. The number of nitrogens with one attached hydrogen (secondary N) is 3. The standard InChI is InChI=1S/C32H35F3N6O4/c1-21-18-29(40-30(37-21)36-12-5-13-41-14-16-44-17-15-41)45-27-11-9-25(23-6-3-4-7-24(23)27)38-31(42)39-26-19-22(20-32(33,34)35)8-10-28(26)43-2/h3-4,6-11,18-19H,5,12-17,20H2,1-2H3,(H,36,37,40)(H2,38,39,42). The molecule has 0 atom stereocenters. The number of hydrogen-bond donors (Lipinski definition) is 3. The van der Waals surface area contributed by atoms with Crippen molar-refractivity contribution in [3.63, 3.8) is 0 Å². The molecule has 0 bridgehead atoms. The molecule has 2 amide bonds. The fraction of sp³-hybridized carbons (Fsp3) is 0.344. The van der Waals surface area contributed by atoms with Gasteiger partial charge >= 0.3 is 12.2 Å².